The standard InChI is InChI=1S/C21H28N2O3S/c1-4-21(5-2,11-18-22-16-8-6-7-9-17(16)27-18)20(26)23-12-14(3)10-15(13-23)19(24)25/h6-9,14-15H,4-5,10-13H2,1-3H3,(H,24,25). The molecule has 1 aliphatic rings. The predicted octanol–water partition coefficient (Wildman–Crippen LogP) is 4.21. The van der Waals surface area contributed by atoms with Crippen molar-refractivity contribution in [2.75, 3.05) is 13.1 Å². The molecule has 2 heterocycles. The minimum atomic E-state index is -0.802. The molecule has 1 aliphatic heterocycles. The van der Waals surface area contributed by atoms with Gasteiger partial charge in [-0.25, -0.2) is 4.98 Å². The number of carbonyl (C=O) groups excluding carboxylic acids is 1. The number of piperidine rings is 1. The van der Waals surface area contributed by atoms with E-state index in [9.17, 15) is 14.7 Å². The molecule has 2 atom stereocenters. The number of fused-ring (bicyclic) bond motifs is 1. The van der Waals surface area contributed by atoms with Crippen LogP contribution in [0.5, 0.6) is 0 Å². The average molecular weight is 389 g/mol. The summed E-state index contributed by atoms with van der Waals surface area (Å²) in [5.41, 5.74) is 0.456. The van der Waals surface area contributed by atoms with Crippen molar-refractivity contribution in [2.45, 2.75) is 46.5 Å². The fourth-order valence-electron chi connectivity index (χ4n) is 4.19. The first-order valence-electron chi connectivity index (χ1n) is 9.75. The number of nitrogens with zero attached hydrogens (tertiary/aromatic N) is 2. The van der Waals surface area contributed by atoms with Crippen LogP contribution in [0.3, 0.4) is 0 Å². The van der Waals surface area contributed by atoms with Crippen molar-refractivity contribution >= 4 is 33.4 Å². The molecule has 2 unspecified atom stereocenters. The third-order valence-corrected chi connectivity index (χ3v) is 6.97. The SMILES string of the molecule is CCC(CC)(Cc1nc2ccccc2s1)C(=O)N1CC(C)CC(C(=O)O)C1. The van der Waals surface area contributed by atoms with Crippen molar-refractivity contribution < 1.29 is 14.7 Å². The zero-order chi connectivity index (χ0) is 19.6. The molecule has 5 nitrogen and oxygen atoms in total. The number of hydrogen-bond acceptors (Lipinski definition) is 4. The molecule has 0 saturated carbocycles. The number of thiazole rings is 1. The molecule has 1 N–H and O–H groups in total. The highest BCUT2D eigenvalue weighted by molar-refractivity contribution is 7.18. The van der Waals surface area contributed by atoms with Crippen LogP contribution < -0.4 is 0 Å². The number of likely N-dealkylation sites (tertiary alicyclic amines) is 1. The third kappa shape index (κ3) is 4.00. The Hall–Kier alpha value is -1.95. The molecule has 0 aliphatic carbocycles. The van der Waals surface area contributed by atoms with Gasteiger partial charge in [0.1, 0.15) is 0 Å². The number of aromatic nitrogens is 1. The highest BCUT2D eigenvalue weighted by atomic mass is 32.1. The summed E-state index contributed by atoms with van der Waals surface area (Å²) in [5, 5.41) is 10.4. The number of amides is 1. The minimum absolute atomic E-state index is 0.0876. The van der Waals surface area contributed by atoms with Gasteiger partial charge in [-0.05, 0) is 37.3 Å². The van der Waals surface area contributed by atoms with Crippen LogP contribution in [0.2, 0.25) is 0 Å². The van der Waals surface area contributed by atoms with Crippen molar-refractivity contribution in [3.8, 4) is 0 Å². The van der Waals surface area contributed by atoms with Crippen molar-refractivity contribution in [1.29, 1.82) is 0 Å². The number of rotatable bonds is 6. The molecule has 1 amide bonds. The van der Waals surface area contributed by atoms with Crippen LogP contribution in [-0.2, 0) is 16.0 Å². The van der Waals surface area contributed by atoms with E-state index in [1.54, 1.807) is 16.2 Å². The highest BCUT2D eigenvalue weighted by Crippen LogP contribution is 2.37. The van der Waals surface area contributed by atoms with Crippen molar-refractivity contribution in [1.82, 2.24) is 9.88 Å². The molecule has 1 aromatic heterocycles. The van der Waals surface area contributed by atoms with Crippen LogP contribution in [0.25, 0.3) is 10.2 Å². The second-order valence-electron chi connectivity index (χ2n) is 7.83. The molecule has 146 valence electrons. The van der Waals surface area contributed by atoms with E-state index in [-0.39, 0.29) is 11.8 Å². The molecular formula is C21H28N2O3S. The summed E-state index contributed by atoms with van der Waals surface area (Å²) in [6.07, 6.45) is 2.70. The van der Waals surface area contributed by atoms with Crippen molar-refractivity contribution in [3.63, 3.8) is 0 Å². The molecule has 6 heteroatoms. The van der Waals surface area contributed by atoms with Crippen molar-refractivity contribution in [2.24, 2.45) is 17.3 Å². The number of hydrogen-bond donors (Lipinski definition) is 1. The van der Waals surface area contributed by atoms with Gasteiger partial charge in [0.2, 0.25) is 5.91 Å². The van der Waals surface area contributed by atoms with Gasteiger partial charge in [0.05, 0.1) is 26.6 Å². The number of para-hydroxylation sites is 1. The Bertz CT molecular complexity index is 795. The lowest BCUT2D eigenvalue weighted by Gasteiger charge is -2.41. The summed E-state index contributed by atoms with van der Waals surface area (Å²) >= 11 is 1.65. The number of carboxylic acids is 1. The summed E-state index contributed by atoms with van der Waals surface area (Å²) in [6, 6.07) is 8.04. The quantitative estimate of drug-likeness (QED) is 0.804. The normalized spacial score (nSPS) is 20.8. The number of carboxylic acid groups (broad SMARTS) is 1. The van der Waals surface area contributed by atoms with Gasteiger partial charge in [0, 0.05) is 19.5 Å². The van der Waals surface area contributed by atoms with Crippen LogP contribution in [0, 0.1) is 17.3 Å². The Morgan fingerprint density at radius 3 is 2.59 bits per heavy atom. The number of aliphatic carboxylic acids is 1. The van der Waals surface area contributed by atoms with Crippen LogP contribution in [0.1, 0.15) is 45.0 Å². The maximum atomic E-state index is 13.5. The van der Waals surface area contributed by atoms with Gasteiger partial charge in [-0.1, -0.05) is 32.9 Å². The molecule has 27 heavy (non-hydrogen) atoms. The molecule has 2 aromatic rings. The Morgan fingerprint density at radius 2 is 1.96 bits per heavy atom. The molecule has 1 fully saturated rings. The van der Waals surface area contributed by atoms with Gasteiger partial charge in [-0.2, -0.15) is 0 Å². The zero-order valence-electron chi connectivity index (χ0n) is 16.3. The van der Waals surface area contributed by atoms with Gasteiger partial charge in [-0.15, -0.1) is 11.3 Å². The van der Waals surface area contributed by atoms with E-state index >= 15 is 0 Å². The minimum Gasteiger partial charge on any atom is -0.481 e. The Kier molecular flexibility index (Phi) is 5.84. The summed E-state index contributed by atoms with van der Waals surface area (Å²) in [7, 11) is 0. The highest BCUT2D eigenvalue weighted by Gasteiger charge is 2.42. The lowest BCUT2D eigenvalue weighted by molar-refractivity contribution is -0.151. The lowest BCUT2D eigenvalue weighted by Crippen LogP contribution is -2.51. The molecule has 1 aromatic carbocycles. The Balaban J connectivity index is 1.86. The lowest BCUT2D eigenvalue weighted by atomic mass is 9.77. The summed E-state index contributed by atoms with van der Waals surface area (Å²) in [4.78, 5) is 31.6. The Labute approximate surface area is 164 Å². The molecule has 0 radical (unpaired) electrons. The Morgan fingerprint density at radius 1 is 1.26 bits per heavy atom. The van der Waals surface area contributed by atoms with Gasteiger partial charge in [0.15, 0.2) is 0 Å². The largest absolute Gasteiger partial charge is 0.481 e. The second-order valence-corrected chi connectivity index (χ2v) is 8.94. The smallest absolute Gasteiger partial charge is 0.308 e. The van der Waals surface area contributed by atoms with E-state index in [0.717, 1.165) is 28.1 Å². The molecule has 3 rings (SSSR count). The van der Waals surface area contributed by atoms with E-state index in [1.165, 1.54) is 0 Å². The van der Waals surface area contributed by atoms with Crippen LogP contribution in [-0.4, -0.2) is 40.0 Å². The summed E-state index contributed by atoms with van der Waals surface area (Å²) in [6.45, 7) is 7.10. The zero-order valence-corrected chi connectivity index (χ0v) is 17.1. The topological polar surface area (TPSA) is 70.5 Å². The first kappa shape index (κ1) is 19.8. The summed E-state index contributed by atoms with van der Waals surface area (Å²) < 4.78 is 1.14. The average Bonchev–Trinajstić information content (AvgIpc) is 3.07. The molecule has 0 spiro atoms. The number of carbonyl (C=O) groups is 2. The maximum absolute atomic E-state index is 13.5. The predicted molar refractivity (Wildman–Crippen MR) is 108 cm³/mol. The molecule has 0 bridgehead atoms. The van der Waals surface area contributed by atoms with Crippen LogP contribution >= 0.6 is 11.3 Å². The van der Waals surface area contributed by atoms with Gasteiger partial charge in [-0.3, -0.25) is 9.59 Å². The van der Waals surface area contributed by atoms with E-state index in [4.69, 9.17) is 4.98 Å². The number of benzene rings is 1. The monoisotopic (exact) mass is 388 g/mol. The fraction of sp³-hybridized carbons (Fsp3) is 0.571. The molecule has 1 saturated heterocycles. The van der Waals surface area contributed by atoms with E-state index in [1.807, 2.05) is 25.1 Å². The first-order chi connectivity index (χ1) is 12.9. The second kappa shape index (κ2) is 7.97. The first-order valence-corrected chi connectivity index (χ1v) is 10.6. The van der Waals surface area contributed by atoms with E-state index in [0.29, 0.717) is 25.9 Å². The van der Waals surface area contributed by atoms with E-state index < -0.39 is 17.3 Å². The van der Waals surface area contributed by atoms with Gasteiger partial charge < -0.3 is 10.0 Å². The van der Waals surface area contributed by atoms with E-state index in [2.05, 4.69) is 19.9 Å². The summed E-state index contributed by atoms with van der Waals surface area (Å²) in [5.74, 6) is -0.974. The third-order valence-electron chi connectivity index (χ3n) is 5.93. The van der Waals surface area contributed by atoms with Crippen LogP contribution in [0.4, 0.5) is 0 Å². The van der Waals surface area contributed by atoms with Crippen LogP contribution in [0.15, 0.2) is 24.3 Å². The van der Waals surface area contributed by atoms with Crippen molar-refractivity contribution in [3.05, 3.63) is 29.3 Å². The van der Waals surface area contributed by atoms with Gasteiger partial charge >= 0.3 is 5.97 Å². The maximum Gasteiger partial charge on any atom is 0.308 e. The van der Waals surface area contributed by atoms with Gasteiger partial charge in [0.25, 0.3) is 0 Å². The fourth-order valence-corrected chi connectivity index (χ4v) is 5.31. The molecular weight excluding hydrogens is 360 g/mol.